The average molecular weight is 344 g/mol. The maximum Gasteiger partial charge on any atom is 0.153 e. The molecule has 0 bridgehead atoms. The summed E-state index contributed by atoms with van der Waals surface area (Å²) in [5, 5.41) is 4.75. The smallest absolute Gasteiger partial charge is 0.153 e. The molecule has 2 heterocycles. The molecule has 1 aliphatic rings. The van der Waals surface area contributed by atoms with Crippen LogP contribution in [0, 0.1) is 0 Å². The van der Waals surface area contributed by atoms with E-state index in [-0.39, 0.29) is 6.04 Å². The van der Waals surface area contributed by atoms with E-state index in [1.807, 2.05) is 6.07 Å². The van der Waals surface area contributed by atoms with Crippen LogP contribution in [0.15, 0.2) is 30.3 Å². The summed E-state index contributed by atoms with van der Waals surface area (Å²) in [6.45, 7) is 7.18. The minimum absolute atomic E-state index is 0.239. The van der Waals surface area contributed by atoms with Crippen molar-refractivity contribution < 1.29 is 9.47 Å². The number of rotatable bonds is 8. The molecule has 1 saturated heterocycles. The predicted molar refractivity (Wildman–Crippen MR) is 96.6 cm³/mol. The van der Waals surface area contributed by atoms with Crippen molar-refractivity contribution in [3.05, 3.63) is 47.5 Å². The highest BCUT2D eigenvalue weighted by Gasteiger charge is 2.24. The van der Waals surface area contributed by atoms with E-state index in [9.17, 15) is 0 Å². The SMILES string of the molecule is COCCc1nc([C@@H](C)N2CCOCC2)n(CCc2ccccc2)n1. The van der Waals surface area contributed by atoms with Crippen LogP contribution in [-0.4, -0.2) is 59.7 Å². The molecule has 136 valence electrons. The van der Waals surface area contributed by atoms with Gasteiger partial charge in [-0.3, -0.25) is 4.90 Å². The van der Waals surface area contributed by atoms with Gasteiger partial charge in [0.05, 0.1) is 25.9 Å². The van der Waals surface area contributed by atoms with Crippen molar-refractivity contribution in [2.75, 3.05) is 40.0 Å². The Morgan fingerprint density at radius 1 is 1.16 bits per heavy atom. The summed E-state index contributed by atoms with van der Waals surface area (Å²) >= 11 is 0. The Balaban J connectivity index is 1.75. The second-order valence-corrected chi connectivity index (χ2v) is 6.41. The zero-order valence-corrected chi connectivity index (χ0v) is 15.2. The zero-order chi connectivity index (χ0) is 17.5. The van der Waals surface area contributed by atoms with Gasteiger partial charge in [0.2, 0.25) is 0 Å². The van der Waals surface area contributed by atoms with Crippen molar-refractivity contribution in [1.82, 2.24) is 19.7 Å². The fourth-order valence-electron chi connectivity index (χ4n) is 3.18. The third-order valence-electron chi connectivity index (χ3n) is 4.70. The van der Waals surface area contributed by atoms with E-state index >= 15 is 0 Å². The normalized spacial score (nSPS) is 16.9. The molecule has 1 atom stereocenters. The van der Waals surface area contributed by atoms with Crippen LogP contribution in [0.25, 0.3) is 0 Å². The van der Waals surface area contributed by atoms with Gasteiger partial charge < -0.3 is 9.47 Å². The molecule has 1 aliphatic heterocycles. The van der Waals surface area contributed by atoms with E-state index in [1.165, 1.54) is 5.56 Å². The molecule has 2 aromatic rings. The van der Waals surface area contributed by atoms with Gasteiger partial charge in [-0.05, 0) is 18.9 Å². The lowest BCUT2D eigenvalue weighted by atomic mass is 10.1. The second-order valence-electron chi connectivity index (χ2n) is 6.41. The monoisotopic (exact) mass is 344 g/mol. The highest BCUT2D eigenvalue weighted by Crippen LogP contribution is 2.20. The van der Waals surface area contributed by atoms with Crippen molar-refractivity contribution >= 4 is 0 Å². The topological polar surface area (TPSA) is 52.4 Å². The summed E-state index contributed by atoms with van der Waals surface area (Å²) in [6, 6.07) is 10.8. The third-order valence-corrected chi connectivity index (χ3v) is 4.70. The van der Waals surface area contributed by atoms with Crippen LogP contribution in [0.5, 0.6) is 0 Å². The van der Waals surface area contributed by atoms with E-state index in [4.69, 9.17) is 19.6 Å². The van der Waals surface area contributed by atoms with Crippen LogP contribution < -0.4 is 0 Å². The van der Waals surface area contributed by atoms with Gasteiger partial charge in [-0.15, -0.1) is 0 Å². The molecule has 0 amide bonds. The van der Waals surface area contributed by atoms with Crippen molar-refractivity contribution in [1.29, 1.82) is 0 Å². The second kappa shape index (κ2) is 9.08. The summed E-state index contributed by atoms with van der Waals surface area (Å²) < 4.78 is 12.7. The van der Waals surface area contributed by atoms with E-state index < -0.39 is 0 Å². The molecular weight excluding hydrogens is 316 g/mol. The number of hydrogen-bond acceptors (Lipinski definition) is 5. The summed E-state index contributed by atoms with van der Waals surface area (Å²) in [5.41, 5.74) is 1.32. The molecule has 0 unspecified atom stereocenters. The lowest BCUT2D eigenvalue weighted by Gasteiger charge is -2.31. The van der Waals surface area contributed by atoms with Gasteiger partial charge in [0, 0.05) is 33.2 Å². The number of aryl methyl sites for hydroxylation is 2. The van der Waals surface area contributed by atoms with Crippen LogP contribution in [-0.2, 0) is 28.9 Å². The predicted octanol–water partition coefficient (Wildman–Crippen LogP) is 2.10. The minimum Gasteiger partial charge on any atom is -0.384 e. The van der Waals surface area contributed by atoms with Crippen molar-refractivity contribution in [2.24, 2.45) is 0 Å². The van der Waals surface area contributed by atoms with Gasteiger partial charge in [0.15, 0.2) is 5.82 Å². The van der Waals surface area contributed by atoms with Gasteiger partial charge in [0.25, 0.3) is 0 Å². The largest absolute Gasteiger partial charge is 0.384 e. The molecule has 0 saturated carbocycles. The van der Waals surface area contributed by atoms with Gasteiger partial charge in [-0.25, -0.2) is 9.67 Å². The molecule has 6 heteroatoms. The molecule has 0 radical (unpaired) electrons. The highest BCUT2D eigenvalue weighted by atomic mass is 16.5. The number of morpholine rings is 1. The first kappa shape index (κ1) is 18.0. The van der Waals surface area contributed by atoms with Crippen LogP contribution in [0.3, 0.4) is 0 Å². The Morgan fingerprint density at radius 2 is 1.92 bits per heavy atom. The van der Waals surface area contributed by atoms with Crippen LogP contribution >= 0.6 is 0 Å². The highest BCUT2D eigenvalue weighted by molar-refractivity contribution is 5.14. The molecule has 0 spiro atoms. The number of hydrogen-bond donors (Lipinski definition) is 0. The number of ether oxygens (including phenoxy) is 2. The van der Waals surface area contributed by atoms with Gasteiger partial charge >= 0.3 is 0 Å². The Hall–Kier alpha value is -1.76. The maximum absolute atomic E-state index is 5.48. The number of methoxy groups -OCH3 is 1. The van der Waals surface area contributed by atoms with Gasteiger partial charge in [-0.2, -0.15) is 5.10 Å². The number of aromatic nitrogens is 3. The van der Waals surface area contributed by atoms with E-state index in [0.717, 1.165) is 57.3 Å². The van der Waals surface area contributed by atoms with Gasteiger partial charge in [-0.1, -0.05) is 30.3 Å². The van der Waals surface area contributed by atoms with E-state index in [0.29, 0.717) is 6.61 Å². The molecule has 0 aliphatic carbocycles. The Kier molecular flexibility index (Phi) is 6.55. The first-order chi connectivity index (χ1) is 12.3. The molecule has 6 nitrogen and oxygen atoms in total. The molecule has 0 N–H and O–H groups in total. The summed E-state index contributed by atoms with van der Waals surface area (Å²) in [5.74, 6) is 1.91. The van der Waals surface area contributed by atoms with Crippen LogP contribution in [0.4, 0.5) is 0 Å². The Bertz CT molecular complexity index is 638. The third kappa shape index (κ3) is 4.87. The standard InChI is InChI=1S/C19H28N4O2/c1-16(22-11-14-25-15-12-22)19-20-18(9-13-24-2)21-23(19)10-8-17-6-4-3-5-7-17/h3-7,16H,8-15H2,1-2H3/t16-/m1/s1. The van der Waals surface area contributed by atoms with Crippen LogP contribution in [0.2, 0.25) is 0 Å². The molecule has 1 fully saturated rings. The molecule has 3 rings (SSSR count). The lowest BCUT2D eigenvalue weighted by molar-refractivity contribution is 0.0173. The van der Waals surface area contributed by atoms with Gasteiger partial charge in [0.1, 0.15) is 5.82 Å². The number of benzene rings is 1. The minimum atomic E-state index is 0.239. The quantitative estimate of drug-likeness (QED) is 0.734. The molecule has 1 aromatic heterocycles. The average Bonchev–Trinajstić information content (AvgIpc) is 3.08. The molecule has 1 aromatic carbocycles. The molecule has 25 heavy (non-hydrogen) atoms. The first-order valence-corrected chi connectivity index (χ1v) is 9.06. The maximum atomic E-state index is 5.48. The van der Waals surface area contributed by atoms with E-state index in [1.54, 1.807) is 7.11 Å². The zero-order valence-electron chi connectivity index (χ0n) is 15.2. The van der Waals surface area contributed by atoms with E-state index in [2.05, 4.69) is 40.8 Å². The lowest BCUT2D eigenvalue weighted by Crippen LogP contribution is -2.39. The number of nitrogens with zero attached hydrogens (tertiary/aromatic N) is 4. The fourth-order valence-corrected chi connectivity index (χ4v) is 3.18. The van der Waals surface area contributed by atoms with Crippen molar-refractivity contribution in [2.45, 2.75) is 32.4 Å². The van der Waals surface area contributed by atoms with Crippen molar-refractivity contribution in [3.8, 4) is 0 Å². The summed E-state index contributed by atoms with van der Waals surface area (Å²) in [7, 11) is 1.71. The van der Waals surface area contributed by atoms with Crippen LogP contribution in [0.1, 0.15) is 30.2 Å². The van der Waals surface area contributed by atoms with Crippen molar-refractivity contribution in [3.63, 3.8) is 0 Å². The fraction of sp³-hybridized carbons (Fsp3) is 0.579. The first-order valence-electron chi connectivity index (χ1n) is 9.06. The summed E-state index contributed by atoms with van der Waals surface area (Å²) in [4.78, 5) is 7.25. The summed E-state index contributed by atoms with van der Waals surface area (Å²) in [6.07, 6.45) is 1.70. The Morgan fingerprint density at radius 3 is 2.64 bits per heavy atom. The molecular formula is C19H28N4O2. The Labute approximate surface area is 149 Å².